The minimum absolute atomic E-state index is 0.0889. The van der Waals surface area contributed by atoms with E-state index in [4.69, 9.17) is 9.84 Å². The number of hydrogen-bond acceptors (Lipinski definition) is 4. The Morgan fingerprint density at radius 2 is 2.04 bits per heavy atom. The summed E-state index contributed by atoms with van der Waals surface area (Å²) in [6.07, 6.45) is 3.91. The lowest BCUT2D eigenvalue weighted by Crippen LogP contribution is -2.45. The van der Waals surface area contributed by atoms with E-state index in [-0.39, 0.29) is 18.6 Å². The second-order valence-electron chi connectivity index (χ2n) is 6.72. The number of ether oxygens (including phenoxy) is 1. The van der Waals surface area contributed by atoms with Gasteiger partial charge in [-0.15, -0.1) is 0 Å². The van der Waals surface area contributed by atoms with Crippen molar-refractivity contribution in [3.8, 4) is 5.75 Å². The van der Waals surface area contributed by atoms with Gasteiger partial charge in [0.15, 0.2) is 6.10 Å². The highest BCUT2D eigenvalue weighted by atomic mass is 16.5. The Morgan fingerprint density at radius 1 is 1.24 bits per heavy atom. The topological polar surface area (TPSA) is 67.6 Å². The average Bonchev–Trinajstić information content (AvgIpc) is 3.28. The van der Waals surface area contributed by atoms with Gasteiger partial charge in [-0.1, -0.05) is 18.2 Å². The fraction of sp³-hybridized carbons (Fsp3) is 0.474. The van der Waals surface area contributed by atoms with E-state index < -0.39 is 0 Å². The zero-order chi connectivity index (χ0) is 17.2. The molecular formula is C19H23N3O3. The molecule has 0 bridgehead atoms. The van der Waals surface area contributed by atoms with Crippen LogP contribution in [0.3, 0.4) is 0 Å². The Balaban J connectivity index is 1.36. The van der Waals surface area contributed by atoms with Gasteiger partial charge in [-0.05, 0) is 30.5 Å². The number of piperidine rings is 1. The number of aliphatic hydroxyl groups excluding tert-OH is 1. The molecule has 3 heterocycles. The molecule has 1 atom stereocenters. The van der Waals surface area contributed by atoms with Crippen LogP contribution in [-0.4, -0.2) is 51.5 Å². The maximum atomic E-state index is 12.8. The van der Waals surface area contributed by atoms with Crippen LogP contribution >= 0.6 is 0 Å². The number of amides is 1. The average molecular weight is 341 g/mol. The lowest BCUT2D eigenvalue weighted by molar-refractivity contribution is -0.139. The Hall–Kier alpha value is -2.34. The number of hydrogen-bond donors (Lipinski definition) is 1. The van der Waals surface area contributed by atoms with Gasteiger partial charge in [0.25, 0.3) is 5.91 Å². The molecule has 1 amide bonds. The molecule has 0 saturated carbocycles. The van der Waals surface area contributed by atoms with Crippen LogP contribution in [0.5, 0.6) is 5.75 Å². The summed E-state index contributed by atoms with van der Waals surface area (Å²) in [7, 11) is 0. The second kappa shape index (κ2) is 6.88. The number of benzene rings is 1. The normalized spacial score (nSPS) is 20.4. The number of fused-ring (bicyclic) bond motifs is 1. The summed E-state index contributed by atoms with van der Waals surface area (Å²) in [5.41, 5.74) is 2.27. The molecule has 0 aliphatic carbocycles. The lowest BCUT2D eigenvalue weighted by Gasteiger charge is -2.33. The first-order valence-corrected chi connectivity index (χ1v) is 8.92. The Labute approximate surface area is 147 Å². The highest BCUT2D eigenvalue weighted by Gasteiger charge is 2.34. The van der Waals surface area contributed by atoms with Crippen LogP contribution < -0.4 is 4.74 Å². The molecule has 1 N–H and O–H groups in total. The van der Waals surface area contributed by atoms with E-state index in [0.29, 0.717) is 18.9 Å². The molecule has 1 aromatic heterocycles. The number of para-hydroxylation sites is 1. The van der Waals surface area contributed by atoms with Crippen molar-refractivity contribution in [2.75, 3.05) is 19.7 Å². The van der Waals surface area contributed by atoms with E-state index in [2.05, 4.69) is 5.10 Å². The number of carbonyl (C=O) groups is 1. The van der Waals surface area contributed by atoms with E-state index in [9.17, 15) is 4.79 Å². The van der Waals surface area contributed by atoms with Gasteiger partial charge in [-0.25, -0.2) is 0 Å². The van der Waals surface area contributed by atoms with E-state index >= 15 is 0 Å². The summed E-state index contributed by atoms with van der Waals surface area (Å²) >= 11 is 0. The van der Waals surface area contributed by atoms with Gasteiger partial charge in [0.05, 0.1) is 13.2 Å². The molecular weight excluding hydrogens is 318 g/mol. The van der Waals surface area contributed by atoms with Crippen molar-refractivity contribution in [3.05, 3.63) is 47.8 Å². The Morgan fingerprint density at radius 3 is 2.80 bits per heavy atom. The van der Waals surface area contributed by atoms with Crippen molar-refractivity contribution in [1.29, 1.82) is 0 Å². The van der Waals surface area contributed by atoms with Crippen molar-refractivity contribution in [3.63, 3.8) is 0 Å². The molecule has 1 aromatic carbocycles. The zero-order valence-corrected chi connectivity index (χ0v) is 14.2. The molecule has 25 heavy (non-hydrogen) atoms. The largest absolute Gasteiger partial charge is 0.480 e. The maximum Gasteiger partial charge on any atom is 0.263 e. The third-order valence-electron chi connectivity index (χ3n) is 5.21. The summed E-state index contributed by atoms with van der Waals surface area (Å²) in [6, 6.07) is 9.89. The van der Waals surface area contributed by atoms with Crippen LogP contribution in [-0.2, 0) is 17.8 Å². The summed E-state index contributed by atoms with van der Waals surface area (Å²) in [5, 5.41) is 13.4. The zero-order valence-electron chi connectivity index (χ0n) is 14.2. The number of aliphatic hydroxyl groups is 1. The molecule has 0 radical (unpaired) electrons. The third-order valence-corrected chi connectivity index (χ3v) is 5.21. The highest BCUT2D eigenvalue weighted by molar-refractivity contribution is 5.82. The van der Waals surface area contributed by atoms with Crippen LogP contribution in [0.25, 0.3) is 0 Å². The van der Waals surface area contributed by atoms with Crippen molar-refractivity contribution in [1.82, 2.24) is 14.7 Å². The van der Waals surface area contributed by atoms with Gasteiger partial charge in [-0.3, -0.25) is 9.48 Å². The molecule has 132 valence electrons. The number of likely N-dealkylation sites (tertiary alicyclic amines) is 1. The van der Waals surface area contributed by atoms with Crippen molar-refractivity contribution >= 4 is 5.91 Å². The van der Waals surface area contributed by atoms with Crippen LogP contribution in [0, 0.1) is 0 Å². The van der Waals surface area contributed by atoms with Crippen molar-refractivity contribution in [2.45, 2.75) is 37.8 Å². The number of nitrogens with zero attached hydrogens (tertiary/aromatic N) is 3. The molecule has 1 saturated heterocycles. The molecule has 2 aliphatic heterocycles. The summed E-state index contributed by atoms with van der Waals surface area (Å²) < 4.78 is 7.71. The Kier molecular flexibility index (Phi) is 4.44. The van der Waals surface area contributed by atoms with Gasteiger partial charge in [0, 0.05) is 37.3 Å². The second-order valence-corrected chi connectivity index (χ2v) is 6.72. The number of aromatic nitrogens is 2. The van der Waals surface area contributed by atoms with E-state index in [1.807, 2.05) is 39.9 Å². The Bertz CT molecular complexity index is 725. The van der Waals surface area contributed by atoms with Gasteiger partial charge < -0.3 is 14.7 Å². The molecule has 4 rings (SSSR count). The van der Waals surface area contributed by atoms with Crippen LogP contribution in [0.2, 0.25) is 0 Å². The first-order chi connectivity index (χ1) is 12.3. The summed E-state index contributed by atoms with van der Waals surface area (Å²) in [4.78, 5) is 14.7. The summed E-state index contributed by atoms with van der Waals surface area (Å²) in [6.45, 7) is 2.09. The fourth-order valence-corrected chi connectivity index (χ4v) is 3.89. The monoisotopic (exact) mass is 341 g/mol. The first-order valence-electron chi connectivity index (χ1n) is 8.92. The molecule has 1 unspecified atom stereocenters. The molecule has 6 nitrogen and oxygen atoms in total. The molecule has 2 aromatic rings. The standard InChI is InChI=1S/C19H23N3O3/c23-12-11-22-16(5-8-20-22)14-6-9-21(10-7-14)19(24)18-13-15-3-1-2-4-17(15)25-18/h1-5,8,14,18,23H,6-7,9-13H2. The smallest absolute Gasteiger partial charge is 0.263 e. The minimum Gasteiger partial charge on any atom is -0.480 e. The van der Waals surface area contributed by atoms with Crippen molar-refractivity contribution < 1.29 is 14.6 Å². The molecule has 2 aliphatic rings. The maximum absolute atomic E-state index is 12.8. The number of carbonyl (C=O) groups excluding carboxylic acids is 1. The van der Waals surface area contributed by atoms with Crippen LogP contribution in [0.15, 0.2) is 36.5 Å². The first kappa shape index (κ1) is 16.1. The fourth-order valence-electron chi connectivity index (χ4n) is 3.89. The lowest BCUT2D eigenvalue weighted by atomic mass is 9.93. The minimum atomic E-state index is -0.381. The van der Waals surface area contributed by atoms with Crippen LogP contribution in [0.1, 0.15) is 30.0 Å². The predicted molar refractivity (Wildman–Crippen MR) is 92.4 cm³/mol. The van der Waals surface area contributed by atoms with Gasteiger partial charge in [0.2, 0.25) is 0 Å². The van der Waals surface area contributed by atoms with E-state index in [0.717, 1.165) is 42.9 Å². The third kappa shape index (κ3) is 3.14. The van der Waals surface area contributed by atoms with Gasteiger partial charge in [-0.2, -0.15) is 5.10 Å². The predicted octanol–water partition coefficient (Wildman–Crippen LogP) is 1.59. The van der Waals surface area contributed by atoms with Crippen LogP contribution in [0.4, 0.5) is 0 Å². The molecule has 0 spiro atoms. The molecule has 1 fully saturated rings. The number of rotatable bonds is 4. The quantitative estimate of drug-likeness (QED) is 0.917. The SMILES string of the molecule is O=C(C1Cc2ccccc2O1)N1CCC(c2ccnn2CCO)CC1. The van der Waals surface area contributed by atoms with Gasteiger partial charge >= 0.3 is 0 Å². The summed E-state index contributed by atoms with van der Waals surface area (Å²) in [5.74, 6) is 1.32. The van der Waals surface area contributed by atoms with E-state index in [1.54, 1.807) is 6.20 Å². The van der Waals surface area contributed by atoms with E-state index in [1.165, 1.54) is 0 Å². The van der Waals surface area contributed by atoms with Crippen molar-refractivity contribution in [2.24, 2.45) is 0 Å². The molecule has 6 heteroatoms. The highest BCUT2D eigenvalue weighted by Crippen LogP contribution is 2.31. The van der Waals surface area contributed by atoms with Gasteiger partial charge in [0.1, 0.15) is 5.75 Å².